The van der Waals surface area contributed by atoms with Crippen molar-refractivity contribution in [2.75, 3.05) is 5.32 Å². The molecule has 5 rings (SSSR count). The highest BCUT2D eigenvalue weighted by Crippen LogP contribution is 2.30. The molecule has 0 radical (unpaired) electrons. The number of thiazole rings is 1. The molecule has 8 heteroatoms. The molecule has 0 saturated carbocycles. The van der Waals surface area contributed by atoms with Crippen molar-refractivity contribution < 1.29 is 19.1 Å². The Morgan fingerprint density at radius 2 is 1.51 bits per heavy atom. The average molecular weight is 514 g/mol. The first kappa shape index (κ1) is 25.5. The van der Waals surface area contributed by atoms with Gasteiger partial charge in [-0.15, -0.1) is 0 Å². The average Bonchev–Trinajstić information content (AvgIpc) is 3.29. The van der Waals surface area contributed by atoms with Gasteiger partial charge in [-0.1, -0.05) is 73.4 Å². The van der Waals surface area contributed by atoms with Crippen LogP contribution in [0.2, 0.25) is 0 Å². The maximum atomic E-state index is 13.4. The number of benzene rings is 4. The Hall–Kier alpha value is -4.56. The zero-order valence-electron chi connectivity index (χ0n) is 18.8. The molecule has 3 N–H and O–H groups in total. The van der Waals surface area contributed by atoms with Crippen molar-refractivity contribution in [3.8, 4) is 11.1 Å². The van der Waals surface area contributed by atoms with Crippen LogP contribution in [-0.4, -0.2) is 22.0 Å². The molecule has 0 aliphatic rings. The minimum atomic E-state index is -1.13. The highest BCUT2D eigenvalue weighted by molar-refractivity contribution is 7.22. The van der Waals surface area contributed by atoms with Crippen LogP contribution in [0.4, 0.5) is 15.2 Å². The number of aliphatic carboxylic acids is 1. The predicted molar refractivity (Wildman–Crippen MR) is 146 cm³/mol. The number of hydrogen-bond acceptors (Lipinski definition) is 5. The molecule has 1 aromatic heterocycles. The van der Waals surface area contributed by atoms with Gasteiger partial charge < -0.3 is 15.7 Å². The summed E-state index contributed by atoms with van der Waals surface area (Å²) in [5, 5.41) is 16.0. The summed E-state index contributed by atoms with van der Waals surface area (Å²) in [5.41, 5.74) is 4.31. The number of carboxylic acid groups (broad SMARTS) is 1. The molecule has 0 bridgehead atoms. The summed E-state index contributed by atoms with van der Waals surface area (Å²) in [7, 11) is 0. The van der Waals surface area contributed by atoms with Crippen molar-refractivity contribution in [2.45, 2.75) is 13.5 Å². The number of fused-ring (bicyclic) bond motifs is 1. The molecule has 1 atom stereocenters. The molecule has 0 spiro atoms. The van der Waals surface area contributed by atoms with Gasteiger partial charge in [0.25, 0.3) is 5.91 Å². The Morgan fingerprint density at radius 3 is 2.16 bits per heavy atom. The van der Waals surface area contributed by atoms with Crippen molar-refractivity contribution in [2.24, 2.45) is 0 Å². The lowest BCUT2D eigenvalue weighted by Crippen LogP contribution is -2.33. The van der Waals surface area contributed by atoms with Gasteiger partial charge in [-0.05, 0) is 59.2 Å². The van der Waals surface area contributed by atoms with Crippen LogP contribution in [0.1, 0.15) is 29.4 Å². The van der Waals surface area contributed by atoms with Crippen LogP contribution in [0.3, 0.4) is 0 Å². The maximum absolute atomic E-state index is 13.4. The number of carbonyl (C=O) groups is 2. The van der Waals surface area contributed by atoms with Gasteiger partial charge >= 0.3 is 5.97 Å². The van der Waals surface area contributed by atoms with Gasteiger partial charge in [0.15, 0.2) is 11.2 Å². The van der Waals surface area contributed by atoms with Crippen LogP contribution in [0.15, 0.2) is 97.1 Å². The standard InChI is InChI=1S/C28H20FN3O3S.CH4/c29-21-12-15-23-24(16-21)36-28(31-23)30-22-13-10-18(11-14-22)17-6-8-20(9-7-17)26(33)32-25(27(34)35)19-4-2-1-3-5-19;/h1-16,25H,(H,30,31)(H,32,33)(H,34,35);1H4/t25-;/m0./s1. The zero-order chi connectivity index (χ0) is 25.1. The number of carbonyl (C=O) groups excluding carboxylic acids is 1. The van der Waals surface area contributed by atoms with E-state index in [0.29, 0.717) is 16.3 Å². The van der Waals surface area contributed by atoms with Crippen LogP contribution >= 0.6 is 11.3 Å². The van der Waals surface area contributed by atoms with Crippen molar-refractivity contribution in [3.63, 3.8) is 0 Å². The fraction of sp³-hybridized carbons (Fsp3) is 0.0690. The smallest absolute Gasteiger partial charge is 0.330 e. The van der Waals surface area contributed by atoms with Gasteiger partial charge in [-0.2, -0.15) is 0 Å². The van der Waals surface area contributed by atoms with E-state index in [2.05, 4.69) is 15.6 Å². The largest absolute Gasteiger partial charge is 0.479 e. The molecule has 186 valence electrons. The highest BCUT2D eigenvalue weighted by Gasteiger charge is 2.22. The van der Waals surface area contributed by atoms with Crippen molar-refractivity contribution in [1.82, 2.24) is 10.3 Å². The molecule has 1 heterocycles. The fourth-order valence-corrected chi connectivity index (χ4v) is 4.69. The van der Waals surface area contributed by atoms with E-state index in [9.17, 15) is 19.1 Å². The molecule has 4 aromatic carbocycles. The second-order valence-corrected chi connectivity index (χ2v) is 9.10. The summed E-state index contributed by atoms with van der Waals surface area (Å²) >= 11 is 1.38. The van der Waals surface area contributed by atoms with Gasteiger partial charge in [-0.3, -0.25) is 4.79 Å². The van der Waals surface area contributed by atoms with Gasteiger partial charge in [0.1, 0.15) is 5.82 Å². The van der Waals surface area contributed by atoms with E-state index in [1.807, 2.05) is 36.4 Å². The summed E-state index contributed by atoms with van der Waals surface area (Å²) in [6.45, 7) is 0. The summed E-state index contributed by atoms with van der Waals surface area (Å²) in [5.74, 6) is -1.88. The first-order chi connectivity index (χ1) is 17.5. The Balaban J connectivity index is 0.00000320. The Labute approximate surface area is 217 Å². The predicted octanol–water partition coefficient (Wildman–Crippen LogP) is 7.04. The van der Waals surface area contributed by atoms with E-state index in [4.69, 9.17) is 0 Å². The summed E-state index contributed by atoms with van der Waals surface area (Å²) < 4.78 is 14.2. The van der Waals surface area contributed by atoms with Crippen molar-refractivity contribution in [1.29, 1.82) is 0 Å². The molecule has 0 fully saturated rings. The fourth-order valence-electron chi connectivity index (χ4n) is 3.78. The van der Waals surface area contributed by atoms with Gasteiger partial charge in [0, 0.05) is 11.3 Å². The lowest BCUT2D eigenvalue weighted by molar-refractivity contribution is -0.139. The molecule has 0 unspecified atom stereocenters. The van der Waals surface area contributed by atoms with Crippen molar-refractivity contribution >= 4 is 44.2 Å². The molecule has 37 heavy (non-hydrogen) atoms. The molecule has 5 aromatic rings. The number of amides is 1. The third-order valence-corrected chi connectivity index (χ3v) is 6.56. The number of aromatic nitrogens is 1. The molecule has 0 aliphatic carbocycles. The number of nitrogens with zero attached hydrogens (tertiary/aromatic N) is 1. The molecule has 0 aliphatic heterocycles. The zero-order valence-corrected chi connectivity index (χ0v) is 19.6. The number of anilines is 2. The third kappa shape index (κ3) is 5.82. The number of hydrogen-bond donors (Lipinski definition) is 3. The molecule has 6 nitrogen and oxygen atoms in total. The van der Waals surface area contributed by atoms with Gasteiger partial charge in [0.05, 0.1) is 10.2 Å². The third-order valence-electron chi connectivity index (χ3n) is 5.62. The molecular formula is C29H24FN3O3S. The van der Waals surface area contributed by atoms with E-state index in [-0.39, 0.29) is 13.2 Å². The number of nitrogens with one attached hydrogen (secondary N) is 2. The number of carboxylic acids is 1. The van der Waals surface area contributed by atoms with Crippen molar-refractivity contribution in [3.05, 3.63) is 114 Å². The van der Waals surface area contributed by atoms with E-state index in [0.717, 1.165) is 27.0 Å². The quantitative estimate of drug-likeness (QED) is 0.217. The van der Waals surface area contributed by atoms with Gasteiger partial charge in [0.2, 0.25) is 0 Å². The second-order valence-electron chi connectivity index (χ2n) is 8.07. The first-order valence-electron chi connectivity index (χ1n) is 11.1. The maximum Gasteiger partial charge on any atom is 0.330 e. The van der Waals surface area contributed by atoms with Crippen LogP contribution in [0, 0.1) is 5.82 Å². The SMILES string of the molecule is C.O=C(N[C@H](C(=O)O)c1ccccc1)c1ccc(-c2ccc(Nc3nc4ccc(F)cc4s3)cc2)cc1. The molecule has 1 amide bonds. The van der Waals surface area contributed by atoms with Crippen LogP contribution in [-0.2, 0) is 4.79 Å². The minimum absolute atomic E-state index is 0. The molecular weight excluding hydrogens is 489 g/mol. The van der Waals surface area contributed by atoms with E-state index in [1.54, 1.807) is 48.5 Å². The van der Waals surface area contributed by atoms with Crippen LogP contribution in [0.25, 0.3) is 21.3 Å². The Morgan fingerprint density at radius 1 is 0.865 bits per heavy atom. The minimum Gasteiger partial charge on any atom is -0.479 e. The summed E-state index contributed by atoms with van der Waals surface area (Å²) in [4.78, 5) is 28.8. The monoisotopic (exact) mass is 513 g/mol. The van der Waals surface area contributed by atoms with E-state index >= 15 is 0 Å². The molecule has 0 saturated heterocycles. The first-order valence-corrected chi connectivity index (χ1v) is 11.9. The summed E-state index contributed by atoms with van der Waals surface area (Å²) in [6, 6.07) is 26.6. The topological polar surface area (TPSA) is 91.3 Å². The number of halogens is 1. The lowest BCUT2D eigenvalue weighted by atomic mass is 10.0. The van der Waals surface area contributed by atoms with Crippen LogP contribution in [0.5, 0.6) is 0 Å². The normalized spacial score (nSPS) is 11.4. The highest BCUT2D eigenvalue weighted by atomic mass is 32.1. The Bertz CT molecular complexity index is 1540. The Kier molecular flexibility index (Phi) is 7.60. The van der Waals surface area contributed by atoms with Gasteiger partial charge in [-0.25, -0.2) is 14.2 Å². The van der Waals surface area contributed by atoms with E-state index < -0.39 is 17.9 Å². The van der Waals surface area contributed by atoms with E-state index in [1.165, 1.54) is 23.5 Å². The summed E-state index contributed by atoms with van der Waals surface area (Å²) in [6.07, 6.45) is 0. The lowest BCUT2D eigenvalue weighted by Gasteiger charge is -2.15. The van der Waals surface area contributed by atoms with Crippen LogP contribution < -0.4 is 10.6 Å². The number of rotatable bonds is 7. The second kappa shape index (κ2) is 11.0.